The average molecular weight is 757 g/mol. The molecule has 9 aromatic rings. The van der Waals surface area contributed by atoms with Crippen LogP contribution in [-0.2, 0) is 0 Å². The van der Waals surface area contributed by atoms with Crippen LogP contribution < -0.4 is 19.3 Å². The Labute approximate surface area is 341 Å². The summed E-state index contributed by atoms with van der Waals surface area (Å²) < 4.78 is 12.6. The summed E-state index contributed by atoms with van der Waals surface area (Å²) in [5.41, 5.74) is 5.94. The molecule has 0 N–H and O–H groups in total. The molecule has 0 bridgehead atoms. The number of anilines is 6. The summed E-state index contributed by atoms with van der Waals surface area (Å²) in [5, 5.41) is 9.27. The van der Waals surface area contributed by atoms with Gasteiger partial charge in [-0.15, -0.1) is 0 Å². The van der Waals surface area contributed by atoms with Crippen molar-refractivity contribution in [1.29, 1.82) is 0 Å². The lowest BCUT2D eigenvalue weighted by molar-refractivity contribution is 0.130. The highest BCUT2D eigenvalue weighted by Gasteiger charge is 2.22. The first-order valence-electron chi connectivity index (χ1n) is 20.1. The molecule has 4 heteroatoms. The molecule has 0 heterocycles. The highest BCUT2D eigenvalue weighted by atomic mass is 16.5. The first kappa shape index (κ1) is 36.8. The minimum atomic E-state index is -0.294. The van der Waals surface area contributed by atoms with E-state index < -0.39 is 0 Å². The predicted molar refractivity (Wildman–Crippen MR) is 247 cm³/mol. The molecule has 0 amide bonds. The predicted octanol–water partition coefficient (Wildman–Crippen LogP) is 15.6. The maximum absolute atomic E-state index is 6.30. The average Bonchev–Trinajstić information content (AvgIpc) is 3.20. The van der Waals surface area contributed by atoms with Crippen LogP contribution in [0.15, 0.2) is 182 Å². The summed E-state index contributed by atoms with van der Waals surface area (Å²) in [4.78, 5) is 4.80. The fourth-order valence-corrected chi connectivity index (χ4v) is 8.09. The van der Waals surface area contributed by atoms with E-state index in [1.54, 1.807) is 0 Å². The normalized spacial score (nSPS) is 12.0. The van der Waals surface area contributed by atoms with Crippen LogP contribution in [0.2, 0.25) is 0 Å². The zero-order valence-electron chi connectivity index (χ0n) is 34.0. The molecule has 0 saturated carbocycles. The quantitative estimate of drug-likeness (QED) is 0.154. The molecule has 0 aliphatic carbocycles. The van der Waals surface area contributed by atoms with Crippen LogP contribution in [0.5, 0.6) is 11.5 Å². The van der Waals surface area contributed by atoms with Crippen LogP contribution in [0.4, 0.5) is 34.1 Å². The van der Waals surface area contributed by atoms with E-state index in [1.807, 2.05) is 0 Å². The van der Waals surface area contributed by atoms with Crippen molar-refractivity contribution in [2.75, 3.05) is 9.80 Å². The largest absolute Gasteiger partial charge is 0.488 e. The summed E-state index contributed by atoms with van der Waals surface area (Å²) in [6, 6.07) is 65.3. The maximum atomic E-state index is 6.30. The topological polar surface area (TPSA) is 24.9 Å². The van der Waals surface area contributed by atoms with Crippen molar-refractivity contribution in [3.8, 4) is 11.5 Å². The van der Waals surface area contributed by atoms with Gasteiger partial charge in [-0.05, 0) is 148 Å². The Hall–Kier alpha value is -6.78. The third kappa shape index (κ3) is 7.30. The van der Waals surface area contributed by atoms with Gasteiger partial charge in [0.2, 0.25) is 0 Å². The fourth-order valence-electron chi connectivity index (χ4n) is 8.09. The molecule has 286 valence electrons. The van der Waals surface area contributed by atoms with Crippen molar-refractivity contribution >= 4 is 77.2 Å². The fraction of sp³-hybridized carbons (Fsp3) is 0.148. The van der Waals surface area contributed by atoms with E-state index in [4.69, 9.17) is 9.47 Å². The van der Waals surface area contributed by atoms with Crippen molar-refractivity contribution < 1.29 is 9.47 Å². The maximum Gasteiger partial charge on any atom is 0.120 e. The summed E-state index contributed by atoms with van der Waals surface area (Å²) in [5.74, 6) is 1.72. The molecule has 58 heavy (non-hydrogen) atoms. The van der Waals surface area contributed by atoms with E-state index in [2.05, 4.69) is 233 Å². The second kappa shape index (κ2) is 14.6. The smallest absolute Gasteiger partial charge is 0.120 e. The SMILES string of the molecule is CC(C)(C)Oc1ccc2c(N(c3ccc(N(c4cccc5ccccc45)c4cccc5cc(OC(C)(C)C)ccc45)cc3)c3cccc4ccccc34)cccc2c1. The van der Waals surface area contributed by atoms with E-state index in [1.165, 1.54) is 21.5 Å². The Kier molecular flexibility index (Phi) is 9.29. The molecule has 0 atom stereocenters. The third-order valence-electron chi connectivity index (χ3n) is 10.4. The Morgan fingerprint density at radius 1 is 0.310 bits per heavy atom. The number of nitrogens with zero attached hydrogens (tertiary/aromatic N) is 2. The molecule has 4 nitrogen and oxygen atoms in total. The zero-order valence-corrected chi connectivity index (χ0v) is 34.0. The number of ether oxygens (including phenoxy) is 2. The molecular formula is C54H48N2O2. The van der Waals surface area contributed by atoms with Gasteiger partial charge in [-0.2, -0.15) is 0 Å². The molecule has 0 aromatic heterocycles. The van der Waals surface area contributed by atoms with E-state index >= 15 is 0 Å². The molecule has 9 aromatic carbocycles. The minimum absolute atomic E-state index is 0.294. The summed E-state index contributed by atoms with van der Waals surface area (Å²) in [6.07, 6.45) is 0. The van der Waals surface area contributed by atoms with Crippen LogP contribution in [0.1, 0.15) is 41.5 Å². The standard InChI is InChI=1S/C54H48N2O2/c1-53(2,3)57-43-31-33-47-39(35-43)19-13-25-51(47)55(49-23-11-17-37-15-7-9-21-45(37)49)41-27-29-42(30-28-41)56(50-24-12-18-38-16-8-10-22-46(38)50)52-26-14-20-40-36-44(32-34-48(40)52)58-54(4,5)6/h7-36H,1-6H3. The number of rotatable bonds is 8. The van der Waals surface area contributed by atoms with E-state index in [9.17, 15) is 0 Å². The molecule has 9 rings (SSSR count). The van der Waals surface area contributed by atoms with Crippen molar-refractivity contribution in [2.45, 2.75) is 52.7 Å². The van der Waals surface area contributed by atoms with Gasteiger partial charge in [0.15, 0.2) is 0 Å². The highest BCUT2D eigenvalue weighted by Crippen LogP contribution is 2.46. The second-order valence-electron chi connectivity index (χ2n) is 16.9. The number of hydrogen-bond donors (Lipinski definition) is 0. The first-order chi connectivity index (χ1) is 28.0. The van der Waals surface area contributed by atoms with Gasteiger partial charge in [0.25, 0.3) is 0 Å². The van der Waals surface area contributed by atoms with Crippen LogP contribution in [0.3, 0.4) is 0 Å². The Balaban J connectivity index is 1.22. The van der Waals surface area contributed by atoms with Crippen LogP contribution in [0.25, 0.3) is 43.1 Å². The minimum Gasteiger partial charge on any atom is -0.488 e. The molecule has 0 radical (unpaired) electrons. The van der Waals surface area contributed by atoms with Crippen molar-refractivity contribution in [2.24, 2.45) is 0 Å². The van der Waals surface area contributed by atoms with Gasteiger partial charge in [-0.25, -0.2) is 0 Å². The molecule has 0 aliphatic heterocycles. The van der Waals surface area contributed by atoms with Crippen molar-refractivity contribution in [3.05, 3.63) is 182 Å². The van der Waals surface area contributed by atoms with E-state index in [-0.39, 0.29) is 11.2 Å². The van der Waals surface area contributed by atoms with Crippen LogP contribution in [-0.4, -0.2) is 11.2 Å². The third-order valence-corrected chi connectivity index (χ3v) is 10.4. The second-order valence-corrected chi connectivity index (χ2v) is 16.9. The Morgan fingerprint density at radius 2 is 0.621 bits per heavy atom. The monoisotopic (exact) mass is 756 g/mol. The lowest BCUT2D eigenvalue weighted by Gasteiger charge is -2.31. The van der Waals surface area contributed by atoms with Gasteiger partial charge in [0.05, 0.1) is 22.7 Å². The van der Waals surface area contributed by atoms with E-state index in [0.717, 1.165) is 67.2 Å². The molecule has 0 saturated heterocycles. The summed E-state index contributed by atoms with van der Waals surface area (Å²) >= 11 is 0. The molecule has 0 spiro atoms. The highest BCUT2D eigenvalue weighted by molar-refractivity contribution is 6.07. The van der Waals surface area contributed by atoms with Crippen molar-refractivity contribution in [1.82, 2.24) is 0 Å². The van der Waals surface area contributed by atoms with Crippen molar-refractivity contribution in [3.63, 3.8) is 0 Å². The number of fused-ring (bicyclic) bond motifs is 4. The molecule has 0 fully saturated rings. The Morgan fingerprint density at radius 3 is 0.983 bits per heavy atom. The van der Waals surface area contributed by atoms with Crippen LogP contribution >= 0.6 is 0 Å². The van der Waals surface area contributed by atoms with Crippen LogP contribution in [0, 0.1) is 0 Å². The van der Waals surface area contributed by atoms with E-state index in [0.29, 0.717) is 0 Å². The lowest BCUT2D eigenvalue weighted by Crippen LogP contribution is -2.22. The van der Waals surface area contributed by atoms with Gasteiger partial charge >= 0.3 is 0 Å². The van der Waals surface area contributed by atoms with Gasteiger partial charge < -0.3 is 19.3 Å². The number of hydrogen-bond acceptors (Lipinski definition) is 4. The van der Waals surface area contributed by atoms with Gasteiger partial charge in [0.1, 0.15) is 22.7 Å². The first-order valence-corrected chi connectivity index (χ1v) is 20.1. The Bertz CT molecular complexity index is 2720. The van der Waals surface area contributed by atoms with Gasteiger partial charge in [-0.1, -0.05) is 97.1 Å². The van der Waals surface area contributed by atoms with Gasteiger partial charge in [0, 0.05) is 32.9 Å². The molecule has 0 aliphatic rings. The molecular weight excluding hydrogens is 709 g/mol. The lowest BCUT2D eigenvalue weighted by atomic mass is 10.0. The summed E-state index contributed by atoms with van der Waals surface area (Å²) in [6.45, 7) is 12.5. The van der Waals surface area contributed by atoms with Gasteiger partial charge in [-0.3, -0.25) is 0 Å². The molecule has 0 unspecified atom stereocenters. The zero-order chi connectivity index (χ0) is 40.0. The number of benzene rings is 9. The summed E-state index contributed by atoms with van der Waals surface area (Å²) in [7, 11) is 0.